The molecular formula is C9H20N4. The van der Waals surface area contributed by atoms with Crippen LogP contribution < -0.4 is 22.9 Å². The highest BCUT2D eigenvalue weighted by Gasteiger charge is 2.62. The van der Waals surface area contributed by atoms with Crippen LogP contribution in [0.2, 0.25) is 0 Å². The first-order chi connectivity index (χ1) is 6.09. The van der Waals surface area contributed by atoms with Crippen molar-refractivity contribution in [3.8, 4) is 0 Å². The average molecular weight is 184 g/mol. The van der Waals surface area contributed by atoms with Gasteiger partial charge in [0.1, 0.15) is 0 Å². The van der Waals surface area contributed by atoms with Gasteiger partial charge in [0.2, 0.25) is 0 Å². The highest BCUT2D eigenvalue weighted by Crippen LogP contribution is 2.55. The molecule has 0 radical (unpaired) electrons. The second-order valence-electron chi connectivity index (χ2n) is 4.75. The zero-order valence-electron chi connectivity index (χ0n) is 8.00. The first kappa shape index (κ1) is 9.40. The van der Waals surface area contributed by atoms with Crippen LogP contribution in [0, 0.1) is 11.3 Å². The van der Waals surface area contributed by atoms with Crippen molar-refractivity contribution in [2.45, 2.75) is 30.8 Å². The Kier molecular flexibility index (Phi) is 1.93. The number of hydrogen-bond donors (Lipinski definition) is 4. The summed E-state index contributed by atoms with van der Waals surface area (Å²) in [6, 6.07) is 0.112. The molecule has 2 aliphatic carbocycles. The molecule has 2 fully saturated rings. The van der Waals surface area contributed by atoms with Gasteiger partial charge in [0.15, 0.2) is 0 Å². The third-order valence-corrected chi connectivity index (χ3v) is 4.45. The molecule has 13 heavy (non-hydrogen) atoms. The van der Waals surface area contributed by atoms with Gasteiger partial charge in [-0.25, -0.2) is 0 Å². The molecule has 0 aromatic heterocycles. The normalized spacial score (nSPS) is 47.1. The Bertz CT molecular complexity index is 214. The van der Waals surface area contributed by atoms with E-state index in [1.54, 1.807) is 0 Å². The highest BCUT2D eigenvalue weighted by atomic mass is 15.0. The third kappa shape index (κ3) is 0.892. The van der Waals surface area contributed by atoms with Gasteiger partial charge in [-0.1, -0.05) is 0 Å². The number of nitrogens with two attached hydrogens (primary N) is 4. The summed E-state index contributed by atoms with van der Waals surface area (Å²) in [5.74, 6) is 0.553. The fraction of sp³-hybridized carbons (Fsp3) is 1.00. The van der Waals surface area contributed by atoms with Gasteiger partial charge >= 0.3 is 0 Å². The minimum atomic E-state index is -0.198. The average Bonchev–Trinajstić information content (AvgIpc) is 2.59. The van der Waals surface area contributed by atoms with Crippen molar-refractivity contribution in [2.24, 2.45) is 34.3 Å². The number of rotatable bonds is 2. The molecule has 0 saturated heterocycles. The zero-order valence-corrected chi connectivity index (χ0v) is 8.00. The summed E-state index contributed by atoms with van der Waals surface area (Å²) < 4.78 is 0. The predicted molar refractivity (Wildman–Crippen MR) is 52.8 cm³/mol. The Morgan fingerprint density at radius 3 is 2.15 bits per heavy atom. The lowest BCUT2D eigenvalue weighted by Crippen LogP contribution is -2.65. The maximum atomic E-state index is 6.35. The molecule has 2 saturated carbocycles. The van der Waals surface area contributed by atoms with E-state index in [0.717, 1.165) is 19.3 Å². The van der Waals surface area contributed by atoms with Gasteiger partial charge in [-0.05, 0) is 25.2 Å². The van der Waals surface area contributed by atoms with Crippen molar-refractivity contribution in [2.75, 3.05) is 13.1 Å². The summed E-state index contributed by atoms with van der Waals surface area (Å²) in [5.41, 5.74) is 23.7. The standard InChI is InChI=1S/C9H20N4/c10-4-8(5-11)7(12)6-1-2-9(8,13)3-6/h6-7H,1-5,10-13H2. The maximum absolute atomic E-state index is 6.35. The summed E-state index contributed by atoms with van der Waals surface area (Å²) in [6.45, 7) is 1.05. The van der Waals surface area contributed by atoms with E-state index < -0.39 is 0 Å². The molecule has 0 spiro atoms. The van der Waals surface area contributed by atoms with Crippen molar-refractivity contribution in [1.82, 2.24) is 0 Å². The minimum Gasteiger partial charge on any atom is -0.330 e. The Balaban J connectivity index is 2.36. The summed E-state index contributed by atoms with van der Waals surface area (Å²) >= 11 is 0. The lowest BCUT2D eigenvalue weighted by atomic mass is 9.66. The lowest BCUT2D eigenvalue weighted by molar-refractivity contribution is 0.122. The molecule has 2 bridgehead atoms. The van der Waals surface area contributed by atoms with E-state index in [4.69, 9.17) is 22.9 Å². The molecule has 4 nitrogen and oxygen atoms in total. The van der Waals surface area contributed by atoms with E-state index >= 15 is 0 Å². The molecule has 2 rings (SSSR count). The fourth-order valence-electron chi connectivity index (χ4n) is 3.42. The minimum absolute atomic E-state index is 0.112. The summed E-state index contributed by atoms with van der Waals surface area (Å²) in [5, 5.41) is 0. The van der Waals surface area contributed by atoms with E-state index in [0.29, 0.717) is 19.0 Å². The van der Waals surface area contributed by atoms with Crippen LogP contribution in [0.5, 0.6) is 0 Å². The van der Waals surface area contributed by atoms with E-state index in [1.165, 1.54) is 0 Å². The van der Waals surface area contributed by atoms with Crippen LogP contribution in [0.1, 0.15) is 19.3 Å². The van der Waals surface area contributed by atoms with Crippen molar-refractivity contribution >= 4 is 0 Å². The van der Waals surface area contributed by atoms with Crippen LogP contribution in [0.15, 0.2) is 0 Å². The van der Waals surface area contributed by atoms with Crippen LogP contribution in [0.3, 0.4) is 0 Å². The van der Waals surface area contributed by atoms with Crippen molar-refractivity contribution in [1.29, 1.82) is 0 Å². The van der Waals surface area contributed by atoms with E-state index in [9.17, 15) is 0 Å². The summed E-state index contributed by atoms with van der Waals surface area (Å²) in [7, 11) is 0. The molecule has 0 amide bonds. The Labute approximate surface area is 79.0 Å². The smallest absolute Gasteiger partial charge is 0.0281 e. The second-order valence-corrected chi connectivity index (χ2v) is 4.75. The van der Waals surface area contributed by atoms with Crippen LogP contribution in [0.4, 0.5) is 0 Å². The fourth-order valence-corrected chi connectivity index (χ4v) is 3.42. The topological polar surface area (TPSA) is 104 Å². The summed E-state index contributed by atoms with van der Waals surface area (Å²) in [4.78, 5) is 0. The Hall–Kier alpha value is -0.160. The maximum Gasteiger partial charge on any atom is 0.0281 e. The first-order valence-corrected chi connectivity index (χ1v) is 5.04. The van der Waals surface area contributed by atoms with Crippen LogP contribution in [-0.2, 0) is 0 Å². The zero-order chi connectivity index (χ0) is 9.69. The van der Waals surface area contributed by atoms with Gasteiger partial charge in [-0.2, -0.15) is 0 Å². The molecule has 0 aliphatic heterocycles. The van der Waals surface area contributed by atoms with Crippen LogP contribution in [0.25, 0.3) is 0 Å². The van der Waals surface area contributed by atoms with Crippen molar-refractivity contribution in [3.05, 3.63) is 0 Å². The highest BCUT2D eigenvalue weighted by molar-refractivity contribution is 5.21. The van der Waals surface area contributed by atoms with Crippen molar-refractivity contribution < 1.29 is 0 Å². The van der Waals surface area contributed by atoms with E-state index in [2.05, 4.69) is 0 Å². The lowest BCUT2D eigenvalue weighted by Gasteiger charge is -2.46. The van der Waals surface area contributed by atoms with Gasteiger partial charge in [0.25, 0.3) is 0 Å². The molecule has 4 heteroatoms. The van der Waals surface area contributed by atoms with E-state index in [1.807, 2.05) is 0 Å². The van der Waals surface area contributed by atoms with Gasteiger partial charge in [0, 0.05) is 30.1 Å². The molecule has 0 heterocycles. The van der Waals surface area contributed by atoms with Crippen LogP contribution >= 0.6 is 0 Å². The van der Waals surface area contributed by atoms with Gasteiger partial charge < -0.3 is 22.9 Å². The predicted octanol–water partition coefficient (Wildman–Crippen LogP) is -1.27. The molecule has 0 aromatic carbocycles. The van der Waals surface area contributed by atoms with Crippen molar-refractivity contribution in [3.63, 3.8) is 0 Å². The van der Waals surface area contributed by atoms with E-state index in [-0.39, 0.29) is 17.0 Å². The molecular weight excluding hydrogens is 164 g/mol. The number of hydrogen-bond acceptors (Lipinski definition) is 4. The Morgan fingerprint density at radius 2 is 1.85 bits per heavy atom. The quantitative estimate of drug-likeness (QED) is 0.429. The largest absolute Gasteiger partial charge is 0.330 e. The third-order valence-electron chi connectivity index (χ3n) is 4.45. The van der Waals surface area contributed by atoms with Gasteiger partial charge in [-0.3, -0.25) is 0 Å². The molecule has 3 unspecified atom stereocenters. The molecule has 8 N–H and O–H groups in total. The molecule has 0 aromatic rings. The molecule has 2 aliphatic rings. The van der Waals surface area contributed by atoms with Crippen LogP contribution in [-0.4, -0.2) is 24.7 Å². The first-order valence-electron chi connectivity index (χ1n) is 5.04. The second kappa shape index (κ2) is 2.67. The Morgan fingerprint density at radius 1 is 1.23 bits per heavy atom. The van der Waals surface area contributed by atoms with Gasteiger partial charge in [-0.15, -0.1) is 0 Å². The SMILES string of the molecule is NCC1(CN)C(N)C2CCC1(N)C2. The molecule has 76 valence electrons. The summed E-state index contributed by atoms with van der Waals surface area (Å²) in [6.07, 6.45) is 3.21. The monoisotopic (exact) mass is 184 g/mol. The van der Waals surface area contributed by atoms with Gasteiger partial charge in [0.05, 0.1) is 0 Å². The molecule has 3 atom stereocenters. The number of fused-ring (bicyclic) bond motifs is 2.